The fraction of sp³-hybridized carbons (Fsp3) is 0.333. The first-order chi connectivity index (χ1) is 8.24. The summed E-state index contributed by atoms with van der Waals surface area (Å²) < 4.78 is 0. The fourth-order valence-electron chi connectivity index (χ4n) is 2.81. The third-order valence-corrected chi connectivity index (χ3v) is 3.78. The van der Waals surface area contributed by atoms with E-state index in [1.165, 1.54) is 31.2 Å². The molecule has 0 heterocycles. The molecule has 2 heteroatoms. The van der Waals surface area contributed by atoms with E-state index in [0.717, 1.165) is 10.8 Å². The Morgan fingerprint density at radius 2 is 1.47 bits per heavy atom. The van der Waals surface area contributed by atoms with Crippen molar-refractivity contribution >= 4 is 10.8 Å². The normalized spacial score (nSPS) is 16.7. The number of fused-ring (bicyclic) bond motifs is 1. The standard InChI is InChI=1S/C15H16O2/c16-14-8-12-6-5-11(10-3-1-2-4-10)7-13(12)9-15(14)17/h5-10,16-17H,1-4H2. The Hall–Kier alpha value is -1.70. The van der Waals surface area contributed by atoms with E-state index in [1.54, 1.807) is 12.1 Å². The van der Waals surface area contributed by atoms with Gasteiger partial charge in [-0.25, -0.2) is 0 Å². The topological polar surface area (TPSA) is 40.5 Å². The summed E-state index contributed by atoms with van der Waals surface area (Å²) in [7, 11) is 0. The van der Waals surface area contributed by atoms with Gasteiger partial charge in [0.2, 0.25) is 0 Å². The third-order valence-electron chi connectivity index (χ3n) is 3.78. The molecule has 1 fully saturated rings. The van der Waals surface area contributed by atoms with E-state index in [2.05, 4.69) is 12.1 Å². The van der Waals surface area contributed by atoms with Gasteiger partial charge in [-0.1, -0.05) is 31.0 Å². The second-order valence-electron chi connectivity index (χ2n) is 4.93. The maximum absolute atomic E-state index is 9.52. The molecule has 3 rings (SSSR count). The van der Waals surface area contributed by atoms with Gasteiger partial charge >= 0.3 is 0 Å². The van der Waals surface area contributed by atoms with Gasteiger partial charge in [-0.2, -0.15) is 0 Å². The van der Waals surface area contributed by atoms with Crippen LogP contribution in [0.25, 0.3) is 10.8 Å². The lowest BCUT2D eigenvalue weighted by molar-refractivity contribution is 0.405. The predicted molar refractivity (Wildman–Crippen MR) is 68.5 cm³/mol. The molecule has 2 N–H and O–H groups in total. The Kier molecular flexibility index (Phi) is 2.43. The SMILES string of the molecule is Oc1cc2ccc(C3CCCC3)cc2cc1O. The predicted octanol–water partition coefficient (Wildman–Crippen LogP) is 3.91. The van der Waals surface area contributed by atoms with Crippen LogP contribution in [0.5, 0.6) is 11.5 Å². The van der Waals surface area contributed by atoms with Crippen molar-refractivity contribution in [1.29, 1.82) is 0 Å². The van der Waals surface area contributed by atoms with Crippen molar-refractivity contribution in [3.05, 3.63) is 35.9 Å². The molecule has 0 unspecified atom stereocenters. The van der Waals surface area contributed by atoms with Gasteiger partial charge < -0.3 is 10.2 Å². The van der Waals surface area contributed by atoms with Crippen LogP contribution in [0.2, 0.25) is 0 Å². The molecule has 2 nitrogen and oxygen atoms in total. The number of phenols is 2. The highest BCUT2D eigenvalue weighted by molar-refractivity contribution is 5.86. The third kappa shape index (κ3) is 1.84. The number of hydrogen-bond donors (Lipinski definition) is 2. The second kappa shape index (κ2) is 3.95. The van der Waals surface area contributed by atoms with Crippen LogP contribution in [0.1, 0.15) is 37.2 Å². The molecule has 0 saturated heterocycles. The van der Waals surface area contributed by atoms with Crippen molar-refractivity contribution in [2.75, 3.05) is 0 Å². The lowest BCUT2D eigenvalue weighted by Crippen LogP contribution is -1.91. The summed E-state index contributed by atoms with van der Waals surface area (Å²) in [5, 5.41) is 21.0. The van der Waals surface area contributed by atoms with Crippen LogP contribution in [-0.4, -0.2) is 10.2 Å². The van der Waals surface area contributed by atoms with Crippen LogP contribution in [0.4, 0.5) is 0 Å². The largest absolute Gasteiger partial charge is 0.504 e. The molecule has 0 amide bonds. The monoisotopic (exact) mass is 228 g/mol. The fourth-order valence-corrected chi connectivity index (χ4v) is 2.81. The minimum absolute atomic E-state index is 0.0407. The molecule has 1 aliphatic rings. The molecule has 0 aromatic heterocycles. The molecule has 0 spiro atoms. The van der Waals surface area contributed by atoms with Crippen LogP contribution in [0.15, 0.2) is 30.3 Å². The summed E-state index contributed by atoms with van der Waals surface area (Å²) in [6.45, 7) is 0. The molecule has 0 atom stereocenters. The molecule has 2 aromatic rings. The average Bonchev–Trinajstić information content (AvgIpc) is 2.83. The summed E-state index contributed by atoms with van der Waals surface area (Å²) >= 11 is 0. The molecule has 1 saturated carbocycles. The lowest BCUT2D eigenvalue weighted by Gasteiger charge is -2.11. The van der Waals surface area contributed by atoms with Crippen LogP contribution >= 0.6 is 0 Å². The highest BCUT2D eigenvalue weighted by Gasteiger charge is 2.17. The molecule has 88 valence electrons. The van der Waals surface area contributed by atoms with E-state index < -0.39 is 0 Å². The van der Waals surface area contributed by atoms with Crippen molar-refractivity contribution in [3.63, 3.8) is 0 Å². The van der Waals surface area contributed by atoms with Crippen LogP contribution < -0.4 is 0 Å². The highest BCUT2D eigenvalue weighted by Crippen LogP contribution is 2.37. The Bertz CT molecular complexity index is 554. The van der Waals surface area contributed by atoms with Gasteiger partial charge in [0.05, 0.1) is 0 Å². The van der Waals surface area contributed by atoms with Gasteiger partial charge in [0.25, 0.3) is 0 Å². The maximum atomic E-state index is 9.52. The van der Waals surface area contributed by atoms with Crippen LogP contribution in [-0.2, 0) is 0 Å². The minimum Gasteiger partial charge on any atom is -0.504 e. The molecule has 1 aliphatic carbocycles. The average molecular weight is 228 g/mol. The first-order valence-electron chi connectivity index (χ1n) is 6.20. The Balaban J connectivity index is 2.08. The smallest absolute Gasteiger partial charge is 0.158 e. The van der Waals surface area contributed by atoms with E-state index in [-0.39, 0.29) is 11.5 Å². The van der Waals surface area contributed by atoms with Gasteiger partial charge in [0.15, 0.2) is 11.5 Å². The molecular formula is C15H16O2. The van der Waals surface area contributed by atoms with Crippen molar-refractivity contribution in [1.82, 2.24) is 0 Å². The Morgan fingerprint density at radius 3 is 2.18 bits per heavy atom. The number of rotatable bonds is 1. The summed E-state index contributed by atoms with van der Waals surface area (Å²) in [6, 6.07) is 9.58. The van der Waals surface area contributed by atoms with Gasteiger partial charge in [-0.15, -0.1) is 0 Å². The van der Waals surface area contributed by atoms with Crippen molar-refractivity contribution in [3.8, 4) is 11.5 Å². The maximum Gasteiger partial charge on any atom is 0.158 e. The van der Waals surface area contributed by atoms with E-state index >= 15 is 0 Å². The van der Waals surface area contributed by atoms with Gasteiger partial charge in [0.1, 0.15) is 0 Å². The van der Waals surface area contributed by atoms with E-state index in [0.29, 0.717) is 5.92 Å². The van der Waals surface area contributed by atoms with Crippen molar-refractivity contribution in [2.24, 2.45) is 0 Å². The van der Waals surface area contributed by atoms with Gasteiger partial charge in [0, 0.05) is 0 Å². The Labute approximate surface area is 101 Å². The number of hydrogen-bond acceptors (Lipinski definition) is 2. The zero-order chi connectivity index (χ0) is 11.8. The number of phenolic OH excluding ortho intramolecular Hbond substituents is 2. The van der Waals surface area contributed by atoms with Gasteiger partial charge in [-0.3, -0.25) is 0 Å². The first-order valence-corrected chi connectivity index (χ1v) is 6.20. The van der Waals surface area contributed by atoms with Crippen LogP contribution in [0.3, 0.4) is 0 Å². The molecule has 2 aromatic carbocycles. The highest BCUT2D eigenvalue weighted by atomic mass is 16.3. The van der Waals surface area contributed by atoms with E-state index in [4.69, 9.17) is 0 Å². The number of aromatic hydroxyl groups is 2. The van der Waals surface area contributed by atoms with Crippen molar-refractivity contribution in [2.45, 2.75) is 31.6 Å². The molecule has 0 aliphatic heterocycles. The molecule has 0 bridgehead atoms. The minimum atomic E-state index is -0.0499. The van der Waals surface area contributed by atoms with Crippen molar-refractivity contribution < 1.29 is 10.2 Å². The summed E-state index contributed by atoms with van der Waals surface area (Å²) in [5.74, 6) is 0.586. The lowest BCUT2D eigenvalue weighted by atomic mass is 9.95. The second-order valence-corrected chi connectivity index (χ2v) is 4.93. The summed E-state index contributed by atoms with van der Waals surface area (Å²) in [5.41, 5.74) is 1.36. The van der Waals surface area contributed by atoms with Crippen LogP contribution in [0, 0.1) is 0 Å². The van der Waals surface area contributed by atoms with E-state index in [9.17, 15) is 10.2 Å². The zero-order valence-electron chi connectivity index (χ0n) is 9.69. The molecular weight excluding hydrogens is 212 g/mol. The van der Waals surface area contributed by atoms with E-state index in [1.807, 2.05) is 6.07 Å². The molecule has 17 heavy (non-hydrogen) atoms. The molecule has 0 radical (unpaired) electrons. The first kappa shape index (κ1) is 10.5. The number of benzene rings is 2. The van der Waals surface area contributed by atoms with Gasteiger partial charge in [-0.05, 0) is 47.2 Å². The zero-order valence-corrected chi connectivity index (χ0v) is 9.69. The Morgan fingerprint density at radius 1 is 0.824 bits per heavy atom. The quantitative estimate of drug-likeness (QED) is 0.726. The summed E-state index contributed by atoms with van der Waals surface area (Å²) in [4.78, 5) is 0. The summed E-state index contributed by atoms with van der Waals surface area (Å²) in [6.07, 6.45) is 5.19.